The molecule has 0 N–H and O–H groups in total. The Bertz CT molecular complexity index is 712. The van der Waals surface area contributed by atoms with Gasteiger partial charge in [0.05, 0.1) is 24.5 Å². The van der Waals surface area contributed by atoms with Crippen molar-refractivity contribution in [2.24, 2.45) is 5.92 Å². The Labute approximate surface area is 157 Å². The second kappa shape index (κ2) is 8.40. The highest BCUT2D eigenvalue weighted by Gasteiger charge is 2.31. The van der Waals surface area contributed by atoms with Gasteiger partial charge in [-0.2, -0.15) is 0 Å². The molecule has 1 saturated heterocycles. The van der Waals surface area contributed by atoms with Crippen molar-refractivity contribution in [3.05, 3.63) is 41.3 Å². The van der Waals surface area contributed by atoms with Crippen molar-refractivity contribution in [3.63, 3.8) is 0 Å². The molecule has 2 amide bonds. The van der Waals surface area contributed by atoms with Crippen molar-refractivity contribution < 1.29 is 19.1 Å². The van der Waals surface area contributed by atoms with E-state index in [0.717, 1.165) is 11.3 Å². The normalized spacial score (nSPS) is 18.5. The summed E-state index contributed by atoms with van der Waals surface area (Å²) in [5.74, 6) is -0.162. The number of hydrogen-bond acceptors (Lipinski definition) is 5. The quantitative estimate of drug-likeness (QED) is 0.754. The van der Waals surface area contributed by atoms with Gasteiger partial charge in [0.2, 0.25) is 11.8 Å². The highest BCUT2D eigenvalue weighted by molar-refractivity contribution is 8.03. The largest absolute Gasteiger partial charge is 0.469 e. The summed E-state index contributed by atoms with van der Waals surface area (Å²) in [6.45, 7) is 1.06. The first-order valence-electron chi connectivity index (χ1n) is 8.63. The number of carbonyl (C=O) groups excluding carboxylic acids is 3. The lowest BCUT2D eigenvalue weighted by Crippen LogP contribution is -2.46. The van der Waals surface area contributed by atoms with Crippen LogP contribution in [0.3, 0.4) is 0 Å². The average Bonchev–Trinajstić information content (AvgIpc) is 2.69. The maximum absolute atomic E-state index is 12.7. The van der Waals surface area contributed by atoms with Gasteiger partial charge in [-0.05, 0) is 23.8 Å². The molecule has 1 aromatic rings. The van der Waals surface area contributed by atoms with Gasteiger partial charge in [-0.3, -0.25) is 14.4 Å². The van der Waals surface area contributed by atoms with Crippen molar-refractivity contribution in [1.29, 1.82) is 0 Å². The first kappa shape index (κ1) is 18.5. The third-order valence-electron chi connectivity index (χ3n) is 4.74. The summed E-state index contributed by atoms with van der Waals surface area (Å²) in [6, 6.07) is 9.62. The monoisotopic (exact) mass is 374 g/mol. The minimum absolute atomic E-state index is 0.0308. The van der Waals surface area contributed by atoms with Crippen LogP contribution >= 0.6 is 11.8 Å². The lowest BCUT2D eigenvalue weighted by molar-refractivity contribution is -0.149. The van der Waals surface area contributed by atoms with E-state index in [0.29, 0.717) is 31.7 Å². The maximum atomic E-state index is 12.7. The first-order chi connectivity index (χ1) is 12.6. The molecule has 26 heavy (non-hydrogen) atoms. The summed E-state index contributed by atoms with van der Waals surface area (Å²) < 4.78 is 4.78. The van der Waals surface area contributed by atoms with E-state index in [2.05, 4.69) is 0 Å². The minimum Gasteiger partial charge on any atom is -0.469 e. The third kappa shape index (κ3) is 4.09. The third-order valence-corrected chi connectivity index (χ3v) is 5.54. The molecule has 6 nitrogen and oxygen atoms in total. The van der Waals surface area contributed by atoms with Gasteiger partial charge in [-0.1, -0.05) is 30.3 Å². The standard InChI is InChI=1S/C19H22N2O4S/c1-25-19(24)15-7-9-20(10-8-15)17(22)11-21-16(12-26-13-18(21)23)14-5-3-2-4-6-14/h2-6,12,15H,7-11,13H2,1H3. The number of methoxy groups -OCH3 is 1. The van der Waals surface area contributed by atoms with Crippen LogP contribution in [0.2, 0.25) is 0 Å². The predicted octanol–water partition coefficient (Wildman–Crippen LogP) is 1.97. The molecule has 0 saturated carbocycles. The van der Waals surface area contributed by atoms with Crippen LogP contribution in [0.15, 0.2) is 35.7 Å². The first-order valence-corrected chi connectivity index (χ1v) is 9.68. The van der Waals surface area contributed by atoms with Crippen LogP contribution in [0.4, 0.5) is 0 Å². The summed E-state index contributed by atoms with van der Waals surface area (Å²) in [5.41, 5.74) is 1.69. The van der Waals surface area contributed by atoms with E-state index < -0.39 is 0 Å². The maximum Gasteiger partial charge on any atom is 0.308 e. The van der Waals surface area contributed by atoms with Crippen LogP contribution in [0.25, 0.3) is 5.70 Å². The number of benzene rings is 1. The van der Waals surface area contributed by atoms with E-state index in [1.165, 1.54) is 18.9 Å². The van der Waals surface area contributed by atoms with Crippen molar-refractivity contribution >= 4 is 35.2 Å². The Kier molecular flexibility index (Phi) is 5.98. The molecule has 1 fully saturated rings. The SMILES string of the molecule is COC(=O)C1CCN(C(=O)CN2C(=O)CSC=C2c2ccccc2)CC1. The van der Waals surface area contributed by atoms with Gasteiger partial charge in [-0.15, -0.1) is 11.8 Å². The van der Waals surface area contributed by atoms with Crippen molar-refractivity contribution in [2.45, 2.75) is 12.8 Å². The Morgan fingerprint density at radius 2 is 1.88 bits per heavy atom. The van der Waals surface area contributed by atoms with Crippen molar-refractivity contribution in [1.82, 2.24) is 9.80 Å². The number of carbonyl (C=O) groups is 3. The number of piperidine rings is 1. The molecule has 0 aromatic heterocycles. The summed E-state index contributed by atoms with van der Waals surface area (Å²) in [5, 5.41) is 1.94. The van der Waals surface area contributed by atoms with Gasteiger partial charge in [-0.25, -0.2) is 0 Å². The lowest BCUT2D eigenvalue weighted by atomic mass is 9.97. The van der Waals surface area contributed by atoms with Gasteiger partial charge in [0.1, 0.15) is 6.54 Å². The summed E-state index contributed by atoms with van der Waals surface area (Å²) in [4.78, 5) is 40.0. The van der Waals surface area contributed by atoms with Crippen LogP contribution in [0, 0.1) is 5.92 Å². The van der Waals surface area contributed by atoms with Crippen LogP contribution in [0.1, 0.15) is 18.4 Å². The van der Waals surface area contributed by atoms with Crippen LogP contribution in [-0.2, 0) is 19.1 Å². The molecule has 2 heterocycles. The molecule has 0 bridgehead atoms. The van der Waals surface area contributed by atoms with Gasteiger partial charge < -0.3 is 14.5 Å². The zero-order valence-corrected chi connectivity index (χ0v) is 15.5. The van der Waals surface area contributed by atoms with E-state index in [1.54, 1.807) is 9.80 Å². The zero-order chi connectivity index (χ0) is 18.5. The minimum atomic E-state index is -0.213. The molecule has 2 aliphatic rings. The Morgan fingerprint density at radius 1 is 1.19 bits per heavy atom. The molecular formula is C19H22N2O4S. The van der Waals surface area contributed by atoms with Gasteiger partial charge in [0.15, 0.2) is 0 Å². The number of likely N-dealkylation sites (tertiary alicyclic amines) is 1. The molecule has 138 valence electrons. The second-order valence-electron chi connectivity index (χ2n) is 6.34. The van der Waals surface area contributed by atoms with E-state index >= 15 is 0 Å². The van der Waals surface area contributed by atoms with E-state index in [9.17, 15) is 14.4 Å². The van der Waals surface area contributed by atoms with Gasteiger partial charge in [0, 0.05) is 13.1 Å². The molecule has 0 atom stereocenters. The summed E-state index contributed by atoms with van der Waals surface area (Å²) in [7, 11) is 1.39. The van der Waals surface area contributed by atoms with E-state index in [1.807, 2.05) is 35.7 Å². The smallest absolute Gasteiger partial charge is 0.308 e. The number of thioether (sulfide) groups is 1. The number of esters is 1. The van der Waals surface area contributed by atoms with Crippen LogP contribution < -0.4 is 0 Å². The fraction of sp³-hybridized carbons (Fsp3) is 0.421. The second-order valence-corrected chi connectivity index (χ2v) is 7.20. The van der Waals surface area contributed by atoms with E-state index in [4.69, 9.17) is 4.74 Å². The van der Waals surface area contributed by atoms with Crippen molar-refractivity contribution in [2.75, 3.05) is 32.5 Å². The predicted molar refractivity (Wildman–Crippen MR) is 99.9 cm³/mol. The number of amides is 2. The molecule has 1 aromatic carbocycles. The number of nitrogens with zero attached hydrogens (tertiary/aromatic N) is 2. The number of ether oxygens (including phenoxy) is 1. The topological polar surface area (TPSA) is 66.9 Å². The van der Waals surface area contributed by atoms with Crippen LogP contribution in [-0.4, -0.2) is 60.1 Å². The van der Waals surface area contributed by atoms with Crippen LogP contribution in [0.5, 0.6) is 0 Å². The lowest BCUT2D eigenvalue weighted by Gasteiger charge is -2.34. The molecule has 0 unspecified atom stereocenters. The summed E-state index contributed by atoms with van der Waals surface area (Å²) in [6.07, 6.45) is 1.20. The molecule has 0 radical (unpaired) electrons. The van der Waals surface area contributed by atoms with Crippen molar-refractivity contribution in [3.8, 4) is 0 Å². The molecule has 7 heteroatoms. The Hall–Kier alpha value is -2.28. The zero-order valence-electron chi connectivity index (χ0n) is 14.7. The number of hydrogen-bond donors (Lipinski definition) is 0. The number of rotatable bonds is 4. The fourth-order valence-corrected chi connectivity index (χ4v) is 4.04. The van der Waals surface area contributed by atoms with Gasteiger partial charge >= 0.3 is 5.97 Å². The molecule has 3 rings (SSSR count). The highest BCUT2D eigenvalue weighted by atomic mass is 32.2. The fourth-order valence-electron chi connectivity index (χ4n) is 3.24. The summed E-state index contributed by atoms with van der Waals surface area (Å²) >= 11 is 1.45. The highest BCUT2D eigenvalue weighted by Crippen LogP contribution is 2.28. The average molecular weight is 374 g/mol. The molecule has 2 aliphatic heterocycles. The Morgan fingerprint density at radius 3 is 2.54 bits per heavy atom. The van der Waals surface area contributed by atoms with E-state index in [-0.39, 0.29) is 30.2 Å². The van der Waals surface area contributed by atoms with Gasteiger partial charge in [0.25, 0.3) is 0 Å². The molecule has 0 spiro atoms. The molecule has 0 aliphatic carbocycles. The molecular weight excluding hydrogens is 352 g/mol. The Balaban J connectivity index is 1.66.